The summed E-state index contributed by atoms with van der Waals surface area (Å²) in [7, 11) is 1.22. The highest BCUT2D eigenvalue weighted by molar-refractivity contribution is 5.60. The summed E-state index contributed by atoms with van der Waals surface area (Å²) in [6, 6.07) is 11.6. The van der Waals surface area contributed by atoms with Gasteiger partial charge in [0.2, 0.25) is 0 Å². The van der Waals surface area contributed by atoms with Crippen LogP contribution in [-0.4, -0.2) is 19.4 Å². The van der Waals surface area contributed by atoms with E-state index in [0.717, 1.165) is 5.56 Å². The molecule has 1 rings (SSSR count). The van der Waals surface area contributed by atoms with Crippen molar-refractivity contribution in [3.05, 3.63) is 35.9 Å². The largest absolute Gasteiger partial charge is 0.509 e. The van der Waals surface area contributed by atoms with Gasteiger partial charge in [0.1, 0.15) is 6.07 Å². The fourth-order valence-corrected chi connectivity index (χ4v) is 1.26. The number of rotatable bonds is 4. The lowest BCUT2D eigenvalue weighted by Crippen LogP contribution is -2.17. The molecule has 0 amide bonds. The van der Waals surface area contributed by atoms with E-state index in [-0.39, 0.29) is 0 Å². The smallest absolute Gasteiger partial charge is 0.438 e. The molecule has 0 fully saturated rings. The fourth-order valence-electron chi connectivity index (χ4n) is 1.26. The van der Waals surface area contributed by atoms with Crippen LogP contribution in [0.15, 0.2) is 30.3 Å². The summed E-state index contributed by atoms with van der Waals surface area (Å²) < 4.78 is 9.07. The molecule has 84 valence electrons. The third kappa shape index (κ3) is 4.01. The number of hydrogen-bond donors (Lipinski definition) is 0. The van der Waals surface area contributed by atoms with E-state index in [1.165, 1.54) is 7.11 Å². The van der Waals surface area contributed by atoms with Crippen molar-refractivity contribution in [2.45, 2.75) is 18.9 Å². The molecule has 4 heteroatoms. The maximum Gasteiger partial charge on any atom is 0.509 e. The topological polar surface area (TPSA) is 59.3 Å². The van der Waals surface area contributed by atoms with Crippen LogP contribution in [0, 0.1) is 11.3 Å². The minimum Gasteiger partial charge on any atom is -0.438 e. The highest BCUT2D eigenvalue weighted by Gasteiger charge is 2.13. The van der Waals surface area contributed by atoms with Crippen LogP contribution in [-0.2, 0) is 15.9 Å². The second-order valence-electron chi connectivity index (χ2n) is 3.21. The van der Waals surface area contributed by atoms with E-state index in [0.29, 0.717) is 12.8 Å². The first kappa shape index (κ1) is 12.1. The third-order valence-electron chi connectivity index (χ3n) is 2.09. The van der Waals surface area contributed by atoms with Crippen LogP contribution in [0.5, 0.6) is 0 Å². The molecule has 1 aromatic carbocycles. The van der Waals surface area contributed by atoms with E-state index in [1.807, 2.05) is 36.4 Å². The van der Waals surface area contributed by atoms with E-state index < -0.39 is 12.3 Å². The Bertz CT molecular complexity index is 370. The van der Waals surface area contributed by atoms with Gasteiger partial charge in [-0.25, -0.2) is 4.79 Å². The van der Waals surface area contributed by atoms with Crippen molar-refractivity contribution < 1.29 is 14.3 Å². The summed E-state index contributed by atoms with van der Waals surface area (Å²) >= 11 is 0. The second kappa shape index (κ2) is 6.46. The normalized spacial score (nSPS) is 11.2. The number of hydrogen-bond acceptors (Lipinski definition) is 4. The quantitative estimate of drug-likeness (QED) is 0.729. The van der Waals surface area contributed by atoms with Crippen molar-refractivity contribution in [3.8, 4) is 6.07 Å². The van der Waals surface area contributed by atoms with E-state index in [2.05, 4.69) is 4.74 Å². The Kier molecular flexibility index (Phi) is 4.87. The fraction of sp³-hybridized carbons (Fsp3) is 0.333. The zero-order valence-electron chi connectivity index (χ0n) is 9.05. The van der Waals surface area contributed by atoms with Crippen LogP contribution >= 0.6 is 0 Å². The first-order valence-corrected chi connectivity index (χ1v) is 4.94. The van der Waals surface area contributed by atoms with E-state index in [4.69, 9.17) is 10.00 Å². The van der Waals surface area contributed by atoms with Crippen LogP contribution in [0.25, 0.3) is 0 Å². The van der Waals surface area contributed by atoms with Gasteiger partial charge in [0.05, 0.1) is 7.11 Å². The van der Waals surface area contributed by atoms with Crippen molar-refractivity contribution >= 4 is 6.16 Å². The van der Waals surface area contributed by atoms with Gasteiger partial charge in [-0.3, -0.25) is 0 Å². The molecule has 0 heterocycles. The summed E-state index contributed by atoms with van der Waals surface area (Å²) in [6.07, 6.45) is -0.418. The Balaban J connectivity index is 2.41. The van der Waals surface area contributed by atoms with Crippen molar-refractivity contribution in [2.75, 3.05) is 7.11 Å². The number of methoxy groups -OCH3 is 1. The zero-order chi connectivity index (χ0) is 11.8. The van der Waals surface area contributed by atoms with Gasteiger partial charge < -0.3 is 9.47 Å². The lowest BCUT2D eigenvalue weighted by molar-refractivity contribution is 0.0523. The van der Waals surface area contributed by atoms with Crippen LogP contribution in [0.3, 0.4) is 0 Å². The first-order valence-electron chi connectivity index (χ1n) is 4.94. The molecule has 1 aromatic rings. The van der Waals surface area contributed by atoms with E-state index >= 15 is 0 Å². The molecular formula is C12H13NO3. The van der Waals surface area contributed by atoms with Crippen LogP contribution in [0.1, 0.15) is 12.0 Å². The van der Waals surface area contributed by atoms with Gasteiger partial charge in [0.15, 0.2) is 6.10 Å². The van der Waals surface area contributed by atoms with Gasteiger partial charge in [-0.05, 0) is 12.0 Å². The zero-order valence-corrected chi connectivity index (χ0v) is 9.05. The van der Waals surface area contributed by atoms with Gasteiger partial charge in [-0.1, -0.05) is 30.3 Å². The Morgan fingerprint density at radius 2 is 2.12 bits per heavy atom. The Hall–Kier alpha value is -2.02. The number of benzene rings is 1. The summed E-state index contributed by atoms with van der Waals surface area (Å²) in [5, 5.41) is 8.77. The average Bonchev–Trinajstić information content (AvgIpc) is 2.35. The molecule has 0 spiro atoms. The number of aryl methyl sites for hydroxylation is 1. The second-order valence-corrected chi connectivity index (χ2v) is 3.21. The molecular weight excluding hydrogens is 206 g/mol. The minimum atomic E-state index is -0.820. The van der Waals surface area contributed by atoms with E-state index in [1.54, 1.807) is 0 Å². The van der Waals surface area contributed by atoms with Gasteiger partial charge in [0.25, 0.3) is 0 Å². The van der Waals surface area contributed by atoms with Crippen molar-refractivity contribution in [1.29, 1.82) is 5.26 Å². The molecule has 0 N–H and O–H groups in total. The maximum atomic E-state index is 10.8. The Morgan fingerprint density at radius 1 is 1.44 bits per heavy atom. The average molecular weight is 219 g/mol. The van der Waals surface area contributed by atoms with Crippen molar-refractivity contribution in [2.24, 2.45) is 0 Å². The Labute approximate surface area is 94.4 Å². The van der Waals surface area contributed by atoms with Crippen LogP contribution in [0.4, 0.5) is 4.79 Å². The minimum absolute atomic E-state index is 0.468. The third-order valence-corrected chi connectivity index (χ3v) is 2.09. The molecule has 0 aromatic heterocycles. The molecule has 16 heavy (non-hydrogen) atoms. The Morgan fingerprint density at radius 3 is 2.69 bits per heavy atom. The van der Waals surface area contributed by atoms with E-state index in [9.17, 15) is 4.79 Å². The highest BCUT2D eigenvalue weighted by atomic mass is 16.7. The first-order chi connectivity index (χ1) is 7.76. The summed E-state index contributed by atoms with van der Waals surface area (Å²) in [5.74, 6) is 0. The van der Waals surface area contributed by atoms with Crippen molar-refractivity contribution in [1.82, 2.24) is 0 Å². The molecule has 0 bridgehead atoms. The molecule has 1 atom stereocenters. The molecule has 0 saturated carbocycles. The molecule has 0 aliphatic carbocycles. The van der Waals surface area contributed by atoms with Gasteiger partial charge >= 0.3 is 6.16 Å². The molecule has 0 radical (unpaired) electrons. The predicted octanol–water partition coefficient (Wildman–Crippen LogP) is 2.29. The number of carbonyl (C=O) groups is 1. The molecule has 0 aliphatic rings. The number of ether oxygens (including phenoxy) is 2. The summed E-state index contributed by atoms with van der Waals surface area (Å²) in [6.45, 7) is 0. The summed E-state index contributed by atoms with van der Waals surface area (Å²) in [4.78, 5) is 10.8. The lowest BCUT2D eigenvalue weighted by atomic mass is 10.1. The standard InChI is InChI=1S/C12H13NO3/c1-15-12(14)16-11(9-13)8-7-10-5-3-2-4-6-10/h2-6,11H,7-8H2,1H3. The van der Waals surface area contributed by atoms with Crippen LogP contribution < -0.4 is 0 Å². The number of carbonyl (C=O) groups excluding carboxylic acids is 1. The SMILES string of the molecule is COC(=O)OC(C#N)CCc1ccccc1. The highest BCUT2D eigenvalue weighted by Crippen LogP contribution is 2.07. The monoisotopic (exact) mass is 219 g/mol. The van der Waals surface area contributed by atoms with Gasteiger partial charge in [0, 0.05) is 6.42 Å². The molecule has 4 nitrogen and oxygen atoms in total. The lowest BCUT2D eigenvalue weighted by Gasteiger charge is -2.09. The number of nitrogens with zero attached hydrogens (tertiary/aromatic N) is 1. The predicted molar refractivity (Wildman–Crippen MR) is 57.7 cm³/mol. The molecule has 0 saturated heterocycles. The van der Waals surface area contributed by atoms with Crippen LogP contribution in [0.2, 0.25) is 0 Å². The number of nitriles is 1. The summed E-state index contributed by atoms with van der Waals surface area (Å²) in [5.41, 5.74) is 1.11. The molecule has 0 aliphatic heterocycles. The maximum absolute atomic E-state index is 10.8. The van der Waals surface area contributed by atoms with Gasteiger partial charge in [-0.15, -0.1) is 0 Å². The van der Waals surface area contributed by atoms with Crippen molar-refractivity contribution in [3.63, 3.8) is 0 Å². The molecule has 1 unspecified atom stereocenters. The van der Waals surface area contributed by atoms with Gasteiger partial charge in [-0.2, -0.15) is 5.26 Å².